The predicted octanol–water partition coefficient (Wildman–Crippen LogP) is 1.53. The molecule has 0 saturated heterocycles. The van der Waals surface area contributed by atoms with Crippen LogP contribution in [0.1, 0.15) is 5.56 Å². The van der Waals surface area contributed by atoms with Crippen molar-refractivity contribution in [2.24, 2.45) is 0 Å². The maximum Gasteiger partial charge on any atom is 0.259 e. The highest BCUT2D eigenvalue weighted by atomic mass is 35.5. The average Bonchev–Trinajstić information content (AvgIpc) is 2.36. The highest BCUT2D eigenvalue weighted by molar-refractivity contribution is 6.30. The quantitative estimate of drug-likeness (QED) is 0.862. The zero-order valence-electron chi connectivity index (χ0n) is 11.6. The van der Waals surface area contributed by atoms with Gasteiger partial charge in [0.15, 0.2) is 18.1 Å². The standard InChI is InChI=1S/C13H19ClN2O3/c1-15-7-9-5-10(14)6-11(18-4)13(9)19-8-12(17)16(2)3/h5-6,15H,7-8H2,1-4H3. The molecule has 0 bridgehead atoms. The van der Waals surface area contributed by atoms with Gasteiger partial charge in [-0.2, -0.15) is 0 Å². The smallest absolute Gasteiger partial charge is 0.259 e. The van der Waals surface area contributed by atoms with E-state index in [2.05, 4.69) is 5.32 Å². The van der Waals surface area contributed by atoms with Crippen LogP contribution in [0.4, 0.5) is 0 Å². The molecule has 1 amide bonds. The molecule has 1 aromatic rings. The summed E-state index contributed by atoms with van der Waals surface area (Å²) in [5, 5.41) is 3.59. The predicted molar refractivity (Wildman–Crippen MR) is 75.0 cm³/mol. The van der Waals surface area contributed by atoms with Gasteiger partial charge in [-0.1, -0.05) is 11.6 Å². The molecule has 0 aromatic heterocycles. The molecule has 0 spiro atoms. The minimum Gasteiger partial charge on any atom is -0.493 e. The lowest BCUT2D eigenvalue weighted by Gasteiger charge is -2.17. The van der Waals surface area contributed by atoms with E-state index in [0.717, 1.165) is 5.56 Å². The summed E-state index contributed by atoms with van der Waals surface area (Å²) in [5.41, 5.74) is 0.846. The zero-order chi connectivity index (χ0) is 14.4. The lowest BCUT2D eigenvalue weighted by molar-refractivity contribution is -0.130. The van der Waals surface area contributed by atoms with Crippen molar-refractivity contribution in [2.75, 3.05) is 34.9 Å². The third-order valence-corrected chi connectivity index (χ3v) is 2.74. The number of hydrogen-bond donors (Lipinski definition) is 1. The molecule has 0 heterocycles. The van der Waals surface area contributed by atoms with Crippen molar-refractivity contribution < 1.29 is 14.3 Å². The van der Waals surface area contributed by atoms with Gasteiger partial charge in [-0.3, -0.25) is 4.79 Å². The van der Waals surface area contributed by atoms with Crippen LogP contribution in [-0.2, 0) is 11.3 Å². The molecule has 0 atom stereocenters. The Hall–Kier alpha value is -1.46. The first-order valence-electron chi connectivity index (χ1n) is 5.83. The minimum absolute atomic E-state index is 0.0400. The molecule has 1 aromatic carbocycles. The van der Waals surface area contributed by atoms with Crippen molar-refractivity contribution >= 4 is 17.5 Å². The molecule has 0 saturated carbocycles. The molecular weight excluding hydrogens is 268 g/mol. The molecular formula is C13H19ClN2O3. The van der Waals surface area contributed by atoms with Crippen LogP contribution in [0.2, 0.25) is 5.02 Å². The van der Waals surface area contributed by atoms with Crippen molar-refractivity contribution in [1.82, 2.24) is 10.2 Å². The first kappa shape index (κ1) is 15.6. The summed E-state index contributed by atoms with van der Waals surface area (Å²) in [4.78, 5) is 13.0. The monoisotopic (exact) mass is 286 g/mol. The molecule has 5 nitrogen and oxygen atoms in total. The number of carbonyl (C=O) groups excluding carboxylic acids is 1. The lowest BCUT2D eigenvalue weighted by atomic mass is 10.2. The van der Waals surface area contributed by atoms with Crippen molar-refractivity contribution in [3.63, 3.8) is 0 Å². The summed E-state index contributed by atoms with van der Waals surface area (Å²) < 4.78 is 10.8. The Bertz CT molecular complexity index is 450. The summed E-state index contributed by atoms with van der Waals surface area (Å²) in [6.45, 7) is 0.532. The van der Waals surface area contributed by atoms with Gasteiger partial charge in [0.2, 0.25) is 0 Å². The second-order valence-corrected chi connectivity index (χ2v) is 4.64. The Morgan fingerprint density at radius 1 is 1.42 bits per heavy atom. The number of likely N-dealkylation sites (N-methyl/N-ethyl adjacent to an activating group) is 1. The molecule has 1 N–H and O–H groups in total. The molecule has 0 radical (unpaired) electrons. The molecule has 0 aliphatic carbocycles. The normalized spacial score (nSPS) is 10.2. The fraction of sp³-hybridized carbons (Fsp3) is 0.462. The van der Waals surface area contributed by atoms with Gasteiger partial charge in [0, 0.05) is 37.3 Å². The number of hydrogen-bond acceptors (Lipinski definition) is 4. The molecule has 0 aliphatic rings. The Morgan fingerprint density at radius 3 is 2.63 bits per heavy atom. The number of rotatable bonds is 6. The van der Waals surface area contributed by atoms with E-state index in [4.69, 9.17) is 21.1 Å². The molecule has 19 heavy (non-hydrogen) atoms. The molecule has 0 aliphatic heterocycles. The van der Waals surface area contributed by atoms with E-state index in [1.165, 1.54) is 12.0 Å². The number of nitrogens with zero attached hydrogens (tertiary/aromatic N) is 1. The number of nitrogens with one attached hydrogen (secondary N) is 1. The van der Waals surface area contributed by atoms with Gasteiger partial charge in [0.05, 0.1) is 7.11 Å². The fourth-order valence-electron chi connectivity index (χ4n) is 1.52. The van der Waals surface area contributed by atoms with Gasteiger partial charge in [-0.25, -0.2) is 0 Å². The SMILES string of the molecule is CNCc1cc(Cl)cc(OC)c1OCC(=O)N(C)C. The van der Waals surface area contributed by atoms with E-state index >= 15 is 0 Å². The van der Waals surface area contributed by atoms with Gasteiger partial charge in [0.25, 0.3) is 5.91 Å². The van der Waals surface area contributed by atoms with E-state index in [-0.39, 0.29) is 12.5 Å². The summed E-state index contributed by atoms with van der Waals surface area (Å²) in [7, 11) is 6.72. The summed E-state index contributed by atoms with van der Waals surface area (Å²) >= 11 is 6.01. The highest BCUT2D eigenvalue weighted by Crippen LogP contribution is 2.34. The van der Waals surface area contributed by atoms with Crippen LogP contribution in [0.15, 0.2) is 12.1 Å². The van der Waals surface area contributed by atoms with Gasteiger partial charge in [0.1, 0.15) is 0 Å². The maximum absolute atomic E-state index is 11.6. The van der Waals surface area contributed by atoms with Gasteiger partial charge < -0.3 is 19.7 Å². The van der Waals surface area contributed by atoms with E-state index in [9.17, 15) is 4.79 Å². The summed E-state index contributed by atoms with van der Waals surface area (Å²) in [6.07, 6.45) is 0. The van der Waals surface area contributed by atoms with Crippen molar-refractivity contribution in [2.45, 2.75) is 6.54 Å². The molecule has 0 unspecified atom stereocenters. The molecule has 6 heteroatoms. The fourth-order valence-corrected chi connectivity index (χ4v) is 1.75. The Kier molecular flexibility index (Phi) is 5.92. The van der Waals surface area contributed by atoms with Crippen LogP contribution in [0.25, 0.3) is 0 Å². The number of methoxy groups -OCH3 is 1. The second-order valence-electron chi connectivity index (χ2n) is 4.20. The number of ether oxygens (including phenoxy) is 2. The Balaban J connectivity index is 2.98. The second kappa shape index (κ2) is 7.21. The first-order chi connectivity index (χ1) is 8.99. The minimum atomic E-state index is -0.118. The number of benzene rings is 1. The van der Waals surface area contributed by atoms with Crippen LogP contribution < -0.4 is 14.8 Å². The topological polar surface area (TPSA) is 50.8 Å². The maximum atomic E-state index is 11.6. The van der Waals surface area contributed by atoms with Crippen molar-refractivity contribution in [1.29, 1.82) is 0 Å². The Morgan fingerprint density at radius 2 is 2.11 bits per heavy atom. The van der Waals surface area contributed by atoms with Crippen LogP contribution in [-0.4, -0.2) is 45.7 Å². The highest BCUT2D eigenvalue weighted by Gasteiger charge is 2.14. The van der Waals surface area contributed by atoms with Gasteiger partial charge in [-0.05, 0) is 13.1 Å². The number of halogens is 1. The number of carbonyl (C=O) groups is 1. The third-order valence-electron chi connectivity index (χ3n) is 2.52. The molecule has 0 fully saturated rings. The summed E-state index contributed by atoms with van der Waals surface area (Å²) in [5.74, 6) is 0.938. The van der Waals surface area contributed by atoms with Gasteiger partial charge in [-0.15, -0.1) is 0 Å². The lowest BCUT2D eigenvalue weighted by Crippen LogP contribution is -2.28. The first-order valence-corrected chi connectivity index (χ1v) is 6.21. The number of amides is 1. The van der Waals surface area contributed by atoms with Crippen LogP contribution >= 0.6 is 11.6 Å². The van der Waals surface area contributed by atoms with Crippen molar-refractivity contribution in [3.05, 3.63) is 22.7 Å². The third kappa shape index (κ3) is 4.29. The van der Waals surface area contributed by atoms with Crippen LogP contribution in [0, 0.1) is 0 Å². The largest absolute Gasteiger partial charge is 0.493 e. The van der Waals surface area contributed by atoms with E-state index in [1.54, 1.807) is 26.2 Å². The Labute approximate surface area is 118 Å². The summed E-state index contributed by atoms with van der Waals surface area (Å²) in [6, 6.07) is 3.45. The zero-order valence-corrected chi connectivity index (χ0v) is 12.4. The van der Waals surface area contributed by atoms with Gasteiger partial charge >= 0.3 is 0 Å². The van der Waals surface area contributed by atoms with E-state index in [0.29, 0.717) is 23.1 Å². The average molecular weight is 287 g/mol. The molecule has 106 valence electrons. The van der Waals surface area contributed by atoms with Crippen molar-refractivity contribution in [3.8, 4) is 11.5 Å². The molecule has 1 rings (SSSR count). The van der Waals surface area contributed by atoms with Crippen LogP contribution in [0.3, 0.4) is 0 Å². The van der Waals surface area contributed by atoms with Crippen LogP contribution in [0.5, 0.6) is 11.5 Å². The van der Waals surface area contributed by atoms with E-state index < -0.39 is 0 Å². The van der Waals surface area contributed by atoms with E-state index in [1.807, 2.05) is 7.05 Å².